The molecule has 2 aliphatic rings. The van der Waals surface area contributed by atoms with E-state index in [1.54, 1.807) is 0 Å². The van der Waals surface area contributed by atoms with Gasteiger partial charge in [0.15, 0.2) is 0 Å². The van der Waals surface area contributed by atoms with Gasteiger partial charge in [0.2, 0.25) is 0 Å². The number of rotatable bonds is 7. The Morgan fingerprint density at radius 2 is 1.17 bits per heavy atom. The molecule has 0 heterocycles. The van der Waals surface area contributed by atoms with Gasteiger partial charge < -0.3 is 4.90 Å². The van der Waals surface area contributed by atoms with E-state index in [1.807, 2.05) is 0 Å². The third-order valence-electron chi connectivity index (χ3n) is 12.2. The fourth-order valence-corrected chi connectivity index (χ4v) is 9.30. The quantitative estimate of drug-likeness (QED) is 0.161. The lowest BCUT2D eigenvalue weighted by molar-refractivity contribution is 0.443. The standard InChI is InChI=1S/C52H49N/c1-35(2)45-20-13-21-48-51(45)46-31-30-44(34-49(46)52(48,3)4)53(50-33-42-19-12-11-18-41(42)32-47(50)40-16-9-6-10-17-40)43-28-26-39(27-29-43)38-24-22-37(23-25-38)36-14-7-5-8-15-36/h6,9-13,16-36H,5,7-8,14-15H2,1-4H3. The number of anilines is 3. The number of hydrogen-bond acceptors (Lipinski definition) is 1. The Morgan fingerprint density at radius 3 is 1.87 bits per heavy atom. The van der Waals surface area contributed by atoms with Gasteiger partial charge in [-0.1, -0.05) is 162 Å². The van der Waals surface area contributed by atoms with Crippen LogP contribution in [-0.4, -0.2) is 0 Å². The summed E-state index contributed by atoms with van der Waals surface area (Å²) < 4.78 is 0. The molecule has 2 aliphatic carbocycles. The molecule has 0 atom stereocenters. The van der Waals surface area contributed by atoms with Crippen LogP contribution < -0.4 is 4.90 Å². The topological polar surface area (TPSA) is 3.24 Å². The van der Waals surface area contributed by atoms with Crippen LogP contribution in [0.3, 0.4) is 0 Å². The van der Waals surface area contributed by atoms with E-state index in [0.717, 1.165) is 11.6 Å². The minimum Gasteiger partial charge on any atom is -0.310 e. The third-order valence-corrected chi connectivity index (χ3v) is 12.2. The molecule has 53 heavy (non-hydrogen) atoms. The molecule has 262 valence electrons. The molecule has 1 saturated carbocycles. The zero-order chi connectivity index (χ0) is 36.1. The summed E-state index contributed by atoms with van der Waals surface area (Å²) in [6.07, 6.45) is 6.77. The highest BCUT2D eigenvalue weighted by Gasteiger charge is 2.37. The van der Waals surface area contributed by atoms with Crippen LogP contribution in [0.15, 0.2) is 152 Å². The van der Waals surface area contributed by atoms with Crippen molar-refractivity contribution in [1.82, 2.24) is 0 Å². The predicted octanol–water partition coefficient (Wildman–Crippen LogP) is 15.1. The van der Waals surface area contributed by atoms with Crippen molar-refractivity contribution < 1.29 is 0 Å². The minimum absolute atomic E-state index is 0.115. The van der Waals surface area contributed by atoms with Gasteiger partial charge in [0, 0.05) is 22.4 Å². The van der Waals surface area contributed by atoms with Gasteiger partial charge in [-0.2, -0.15) is 0 Å². The summed E-state index contributed by atoms with van der Waals surface area (Å²) in [6, 6.07) is 57.2. The Labute approximate surface area is 316 Å². The van der Waals surface area contributed by atoms with E-state index in [2.05, 4.69) is 184 Å². The highest BCUT2D eigenvalue weighted by atomic mass is 15.1. The molecule has 9 rings (SSSR count). The average Bonchev–Trinajstić information content (AvgIpc) is 3.44. The van der Waals surface area contributed by atoms with E-state index < -0.39 is 0 Å². The second-order valence-corrected chi connectivity index (χ2v) is 16.2. The molecule has 0 saturated heterocycles. The molecule has 0 amide bonds. The fraction of sp³-hybridized carbons (Fsp3) is 0.231. The molecule has 0 bridgehead atoms. The van der Waals surface area contributed by atoms with Crippen molar-refractivity contribution in [2.75, 3.05) is 4.90 Å². The highest BCUT2D eigenvalue weighted by Crippen LogP contribution is 2.53. The van der Waals surface area contributed by atoms with Gasteiger partial charge in [0.1, 0.15) is 0 Å². The molecule has 0 N–H and O–H groups in total. The number of fused-ring (bicyclic) bond motifs is 4. The van der Waals surface area contributed by atoms with Gasteiger partial charge in [-0.15, -0.1) is 0 Å². The van der Waals surface area contributed by atoms with Crippen LogP contribution in [0.2, 0.25) is 0 Å². The fourth-order valence-electron chi connectivity index (χ4n) is 9.30. The molecular formula is C52H49N. The summed E-state index contributed by atoms with van der Waals surface area (Å²) in [6.45, 7) is 9.43. The lowest BCUT2D eigenvalue weighted by Crippen LogP contribution is -2.17. The Kier molecular flexibility index (Phi) is 8.54. The molecule has 0 spiro atoms. The molecule has 0 radical (unpaired) electrons. The molecule has 0 aromatic heterocycles. The summed E-state index contributed by atoms with van der Waals surface area (Å²) in [4.78, 5) is 2.49. The van der Waals surface area contributed by atoms with Crippen molar-refractivity contribution in [2.45, 2.75) is 77.0 Å². The Hall–Kier alpha value is -5.40. The van der Waals surface area contributed by atoms with E-state index in [4.69, 9.17) is 0 Å². The van der Waals surface area contributed by atoms with Crippen molar-refractivity contribution >= 4 is 27.8 Å². The summed E-state index contributed by atoms with van der Waals surface area (Å²) in [5.74, 6) is 1.17. The number of nitrogens with zero attached hydrogens (tertiary/aromatic N) is 1. The van der Waals surface area contributed by atoms with Crippen LogP contribution in [0.4, 0.5) is 17.1 Å². The van der Waals surface area contributed by atoms with Gasteiger partial charge >= 0.3 is 0 Å². The largest absolute Gasteiger partial charge is 0.310 e. The molecule has 0 aliphatic heterocycles. The first-order valence-electron chi connectivity index (χ1n) is 19.7. The van der Waals surface area contributed by atoms with E-state index in [0.29, 0.717) is 5.92 Å². The zero-order valence-electron chi connectivity index (χ0n) is 31.6. The molecule has 7 aromatic carbocycles. The van der Waals surface area contributed by atoms with Crippen LogP contribution >= 0.6 is 0 Å². The van der Waals surface area contributed by atoms with Crippen molar-refractivity contribution in [3.8, 4) is 33.4 Å². The maximum Gasteiger partial charge on any atom is 0.0546 e. The van der Waals surface area contributed by atoms with Crippen LogP contribution in [0, 0.1) is 0 Å². The van der Waals surface area contributed by atoms with Crippen molar-refractivity contribution in [3.63, 3.8) is 0 Å². The van der Waals surface area contributed by atoms with Gasteiger partial charge in [0.05, 0.1) is 5.69 Å². The van der Waals surface area contributed by atoms with Crippen LogP contribution in [0.1, 0.15) is 93.9 Å². The van der Waals surface area contributed by atoms with Gasteiger partial charge in [-0.3, -0.25) is 0 Å². The van der Waals surface area contributed by atoms with E-state index in [-0.39, 0.29) is 5.41 Å². The van der Waals surface area contributed by atoms with E-state index in [1.165, 1.54) is 110 Å². The van der Waals surface area contributed by atoms with Crippen molar-refractivity contribution in [2.24, 2.45) is 0 Å². The summed E-state index contributed by atoms with van der Waals surface area (Å²) >= 11 is 0. The lowest BCUT2D eigenvalue weighted by atomic mass is 9.81. The van der Waals surface area contributed by atoms with E-state index in [9.17, 15) is 0 Å². The molecule has 1 heteroatoms. The smallest absolute Gasteiger partial charge is 0.0546 e. The van der Waals surface area contributed by atoms with Crippen LogP contribution in [-0.2, 0) is 5.41 Å². The number of benzene rings is 7. The van der Waals surface area contributed by atoms with E-state index >= 15 is 0 Å². The van der Waals surface area contributed by atoms with Crippen molar-refractivity contribution in [3.05, 3.63) is 174 Å². The SMILES string of the molecule is CC(C)c1cccc2c1-c1ccc(N(c3ccc(-c4ccc(C5CCCCC5)cc4)cc3)c3cc4ccccc4cc3-c3ccccc3)cc1C2(C)C. The Bertz CT molecular complexity index is 2410. The predicted molar refractivity (Wildman–Crippen MR) is 227 cm³/mol. The lowest BCUT2D eigenvalue weighted by Gasteiger charge is -2.30. The zero-order valence-corrected chi connectivity index (χ0v) is 31.6. The van der Waals surface area contributed by atoms with Crippen LogP contribution in [0.25, 0.3) is 44.2 Å². The maximum absolute atomic E-state index is 2.49. The highest BCUT2D eigenvalue weighted by molar-refractivity contribution is 5.99. The Balaban J connectivity index is 1.20. The molecular weight excluding hydrogens is 639 g/mol. The van der Waals surface area contributed by atoms with Gasteiger partial charge in [-0.05, 0) is 122 Å². The molecule has 1 fully saturated rings. The van der Waals surface area contributed by atoms with Crippen LogP contribution in [0.5, 0.6) is 0 Å². The first kappa shape index (κ1) is 33.4. The monoisotopic (exact) mass is 687 g/mol. The summed E-state index contributed by atoms with van der Waals surface area (Å²) in [5, 5.41) is 2.48. The Morgan fingerprint density at radius 1 is 0.528 bits per heavy atom. The second kappa shape index (κ2) is 13.5. The second-order valence-electron chi connectivity index (χ2n) is 16.2. The number of hydrogen-bond donors (Lipinski definition) is 0. The minimum atomic E-state index is -0.115. The average molecular weight is 688 g/mol. The molecule has 7 aromatic rings. The summed E-state index contributed by atoms with van der Waals surface area (Å²) in [5.41, 5.74) is 16.9. The summed E-state index contributed by atoms with van der Waals surface area (Å²) in [7, 11) is 0. The third kappa shape index (κ3) is 5.97. The first-order chi connectivity index (χ1) is 25.9. The van der Waals surface area contributed by atoms with Gasteiger partial charge in [0.25, 0.3) is 0 Å². The molecule has 1 nitrogen and oxygen atoms in total. The first-order valence-corrected chi connectivity index (χ1v) is 19.7. The normalized spacial score (nSPS) is 15.0. The van der Waals surface area contributed by atoms with Crippen molar-refractivity contribution in [1.29, 1.82) is 0 Å². The van der Waals surface area contributed by atoms with Gasteiger partial charge in [-0.25, -0.2) is 0 Å². The molecule has 0 unspecified atom stereocenters. The maximum atomic E-state index is 2.49.